The molecule has 3 nitrogen and oxygen atoms in total. The average molecular weight is 345 g/mol. The van der Waals surface area contributed by atoms with E-state index in [-0.39, 0.29) is 12.2 Å². The lowest BCUT2D eigenvalue weighted by Gasteiger charge is -2.07. The van der Waals surface area contributed by atoms with Gasteiger partial charge < -0.3 is 9.15 Å². The molecule has 0 saturated heterocycles. The molecule has 3 rings (SSSR count). The molecule has 0 unspecified atom stereocenters. The Labute approximate surface area is 130 Å². The maximum absolute atomic E-state index is 12.3. The number of carbonyl (C=O) groups is 1. The summed E-state index contributed by atoms with van der Waals surface area (Å²) in [5.74, 6) is 1.08. The highest BCUT2D eigenvalue weighted by Gasteiger charge is 2.15. The first-order valence-electron chi connectivity index (χ1n) is 6.51. The fourth-order valence-corrected chi connectivity index (χ4v) is 2.77. The van der Waals surface area contributed by atoms with E-state index in [4.69, 9.17) is 9.15 Å². The summed E-state index contributed by atoms with van der Waals surface area (Å²) >= 11 is 3.32. The van der Waals surface area contributed by atoms with Gasteiger partial charge in [0.25, 0.3) is 0 Å². The quantitative estimate of drug-likeness (QED) is 0.647. The van der Waals surface area contributed by atoms with Crippen molar-refractivity contribution >= 4 is 32.5 Å². The van der Waals surface area contributed by atoms with E-state index in [0.717, 1.165) is 22.1 Å². The molecule has 106 valence electrons. The minimum Gasteiger partial charge on any atom is -0.497 e. The molecule has 2 aromatic carbocycles. The standard InChI is InChI=1S/C17H13BrO3/c1-20-13-6-5-11-3-2-4-12(14(11)10-13)9-16(19)17-15(18)7-8-21-17/h2-8,10H,9H2,1H3. The molecule has 0 N–H and O–H groups in total. The summed E-state index contributed by atoms with van der Waals surface area (Å²) < 4.78 is 11.2. The normalized spacial score (nSPS) is 10.8. The van der Waals surface area contributed by atoms with Gasteiger partial charge in [0.05, 0.1) is 17.8 Å². The molecular weight excluding hydrogens is 332 g/mol. The fourth-order valence-electron chi connectivity index (χ4n) is 2.34. The van der Waals surface area contributed by atoms with E-state index in [9.17, 15) is 4.79 Å². The molecule has 1 aromatic heterocycles. The van der Waals surface area contributed by atoms with Gasteiger partial charge in [-0.2, -0.15) is 0 Å². The highest BCUT2D eigenvalue weighted by molar-refractivity contribution is 9.10. The third-order valence-corrected chi connectivity index (χ3v) is 4.03. The zero-order valence-corrected chi connectivity index (χ0v) is 13.0. The zero-order chi connectivity index (χ0) is 14.8. The number of rotatable bonds is 4. The summed E-state index contributed by atoms with van der Waals surface area (Å²) in [7, 11) is 1.63. The number of Topliss-reactive ketones (excluding diaryl/α,β-unsaturated/α-hetero) is 1. The summed E-state index contributed by atoms with van der Waals surface area (Å²) in [5.41, 5.74) is 0.958. The van der Waals surface area contributed by atoms with Crippen LogP contribution in [0.2, 0.25) is 0 Å². The lowest BCUT2D eigenvalue weighted by atomic mass is 9.99. The number of methoxy groups -OCH3 is 1. The highest BCUT2D eigenvalue weighted by atomic mass is 79.9. The van der Waals surface area contributed by atoms with Crippen molar-refractivity contribution in [3.63, 3.8) is 0 Å². The lowest BCUT2D eigenvalue weighted by Crippen LogP contribution is -2.03. The predicted molar refractivity (Wildman–Crippen MR) is 84.9 cm³/mol. The molecule has 0 amide bonds. The first-order chi connectivity index (χ1) is 10.2. The van der Waals surface area contributed by atoms with Gasteiger partial charge in [-0.15, -0.1) is 0 Å². The second kappa shape index (κ2) is 5.74. The number of halogens is 1. The van der Waals surface area contributed by atoms with Gasteiger partial charge in [0.15, 0.2) is 5.76 Å². The van der Waals surface area contributed by atoms with Crippen LogP contribution in [-0.2, 0) is 6.42 Å². The molecule has 0 spiro atoms. The van der Waals surface area contributed by atoms with Gasteiger partial charge >= 0.3 is 0 Å². The molecule has 0 radical (unpaired) electrons. The molecule has 1 heterocycles. The van der Waals surface area contributed by atoms with Gasteiger partial charge in [0, 0.05) is 6.42 Å². The first-order valence-corrected chi connectivity index (χ1v) is 7.30. The Balaban J connectivity index is 2.00. The Kier molecular flexibility index (Phi) is 3.80. The molecule has 3 aromatic rings. The van der Waals surface area contributed by atoms with Gasteiger partial charge in [-0.3, -0.25) is 4.79 Å². The topological polar surface area (TPSA) is 39.4 Å². The van der Waals surface area contributed by atoms with Crippen molar-refractivity contribution in [3.8, 4) is 5.75 Å². The van der Waals surface area contributed by atoms with Crippen molar-refractivity contribution in [3.05, 3.63) is 64.5 Å². The number of benzene rings is 2. The fraction of sp³-hybridized carbons (Fsp3) is 0.118. The van der Waals surface area contributed by atoms with Crippen molar-refractivity contribution in [2.24, 2.45) is 0 Å². The second-order valence-corrected chi connectivity index (χ2v) is 5.56. The maximum Gasteiger partial charge on any atom is 0.203 e. The van der Waals surface area contributed by atoms with E-state index in [1.165, 1.54) is 6.26 Å². The third kappa shape index (κ3) is 2.72. The van der Waals surface area contributed by atoms with E-state index >= 15 is 0 Å². The van der Waals surface area contributed by atoms with E-state index < -0.39 is 0 Å². The van der Waals surface area contributed by atoms with Crippen LogP contribution in [0.1, 0.15) is 16.1 Å². The van der Waals surface area contributed by atoms with E-state index in [0.29, 0.717) is 10.2 Å². The van der Waals surface area contributed by atoms with Crippen molar-refractivity contribution in [2.75, 3.05) is 7.11 Å². The number of fused-ring (bicyclic) bond motifs is 1. The second-order valence-electron chi connectivity index (χ2n) is 4.70. The average Bonchev–Trinajstić information content (AvgIpc) is 2.93. The predicted octanol–water partition coefficient (Wildman–Crippen LogP) is 4.63. The molecule has 0 aliphatic heterocycles. The van der Waals surface area contributed by atoms with Crippen LogP contribution >= 0.6 is 15.9 Å². The van der Waals surface area contributed by atoms with Crippen LogP contribution in [0.3, 0.4) is 0 Å². The molecule has 21 heavy (non-hydrogen) atoms. The van der Waals surface area contributed by atoms with Crippen LogP contribution < -0.4 is 4.74 Å². The summed E-state index contributed by atoms with van der Waals surface area (Å²) in [4.78, 5) is 12.3. The van der Waals surface area contributed by atoms with Crippen molar-refractivity contribution in [2.45, 2.75) is 6.42 Å². The first kappa shape index (κ1) is 13.9. The van der Waals surface area contributed by atoms with Crippen LogP contribution in [0.25, 0.3) is 10.8 Å². The molecule has 0 aliphatic carbocycles. The van der Waals surface area contributed by atoms with Crippen LogP contribution in [0, 0.1) is 0 Å². The maximum atomic E-state index is 12.3. The van der Waals surface area contributed by atoms with Crippen molar-refractivity contribution < 1.29 is 13.9 Å². The number of hydrogen-bond acceptors (Lipinski definition) is 3. The monoisotopic (exact) mass is 344 g/mol. The molecule has 0 bridgehead atoms. The smallest absolute Gasteiger partial charge is 0.203 e. The summed E-state index contributed by atoms with van der Waals surface area (Å²) in [6.45, 7) is 0. The Hall–Kier alpha value is -2.07. The minimum absolute atomic E-state index is 0.0535. The van der Waals surface area contributed by atoms with Gasteiger partial charge in [-0.1, -0.05) is 24.3 Å². The van der Waals surface area contributed by atoms with Crippen molar-refractivity contribution in [1.82, 2.24) is 0 Å². The summed E-state index contributed by atoms with van der Waals surface area (Å²) in [5, 5.41) is 2.10. The molecule has 0 fully saturated rings. The van der Waals surface area contributed by atoms with Crippen LogP contribution in [-0.4, -0.2) is 12.9 Å². The van der Waals surface area contributed by atoms with Crippen LogP contribution in [0.4, 0.5) is 0 Å². The Bertz CT molecular complexity index is 805. The Morgan fingerprint density at radius 1 is 1.24 bits per heavy atom. The minimum atomic E-state index is -0.0535. The summed E-state index contributed by atoms with van der Waals surface area (Å²) in [6, 6.07) is 13.5. The molecule has 0 saturated carbocycles. The Morgan fingerprint density at radius 3 is 2.81 bits per heavy atom. The van der Waals surface area contributed by atoms with Crippen LogP contribution in [0.15, 0.2) is 57.6 Å². The van der Waals surface area contributed by atoms with Gasteiger partial charge in [-0.05, 0) is 50.5 Å². The number of ketones is 1. The largest absolute Gasteiger partial charge is 0.497 e. The highest BCUT2D eigenvalue weighted by Crippen LogP contribution is 2.26. The van der Waals surface area contributed by atoms with E-state index in [2.05, 4.69) is 15.9 Å². The van der Waals surface area contributed by atoms with Gasteiger partial charge in [-0.25, -0.2) is 0 Å². The SMILES string of the molecule is COc1ccc2cccc(CC(=O)c3occc3Br)c2c1. The molecular formula is C17H13BrO3. The zero-order valence-electron chi connectivity index (χ0n) is 11.4. The Morgan fingerprint density at radius 2 is 2.10 bits per heavy atom. The molecule has 0 aliphatic rings. The van der Waals surface area contributed by atoms with Gasteiger partial charge in [0.1, 0.15) is 5.75 Å². The molecule has 4 heteroatoms. The van der Waals surface area contributed by atoms with E-state index in [1.807, 2.05) is 36.4 Å². The van der Waals surface area contributed by atoms with Crippen LogP contribution in [0.5, 0.6) is 5.75 Å². The van der Waals surface area contributed by atoms with Crippen molar-refractivity contribution in [1.29, 1.82) is 0 Å². The third-order valence-electron chi connectivity index (χ3n) is 3.40. The van der Waals surface area contributed by atoms with Gasteiger partial charge in [0.2, 0.25) is 5.78 Å². The molecule has 0 atom stereocenters. The number of hydrogen-bond donors (Lipinski definition) is 0. The van der Waals surface area contributed by atoms with E-state index in [1.54, 1.807) is 13.2 Å². The lowest BCUT2D eigenvalue weighted by molar-refractivity contribution is 0.0965. The number of furan rings is 1. The summed E-state index contributed by atoms with van der Waals surface area (Å²) in [6.07, 6.45) is 1.79. The number of ether oxygens (including phenoxy) is 1. The number of carbonyl (C=O) groups excluding carboxylic acids is 1.